The molecular formula is C13H18N2O4. The highest BCUT2D eigenvalue weighted by atomic mass is 16.6. The minimum atomic E-state index is -0.441. The Hall–Kier alpha value is -1.66. The normalized spacial score (nSPS) is 25.7. The van der Waals surface area contributed by atoms with Gasteiger partial charge in [0.05, 0.1) is 4.92 Å². The Balaban J connectivity index is 2.15. The summed E-state index contributed by atoms with van der Waals surface area (Å²) in [6.45, 7) is 4.30. The largest absolute Gasteiger partial charge is 0.481 e. The van der Waals surface area contributed by atoms with Crippen molar-refractivity contribution in [2.45, 2.75) is 38.5 Å². The number of benzene rings is 1. The van der Waals surface area contributed by atoms with Crippen LogP contribution in [0.15, 0.2) is 18.2 Å². The minimum absolute atomic E-state index is 0.0266. The van der Waals surface area contributed by atoms with E-state index < -0.39 is 4.92 Å². The predicted octanol–water partition coefficient (Wildman–Crippen LogP) is 1.79. The Morgan fingerprint density at radius 1 is 1.53 bits per heavy atom. The zero-order chi connectivity index (χ0) is 14.0. The highest BCUT2D eigenvalue weighted by Gasteiger charge is 2.42. The fourth-order valence-electron chi connectivity index (χ4n) is 2.18. The summed E-state index contributed by atoms with van der Waals surface area (Å²) in [5.41, 5.74) is 6.73. The van der Waals surface area contributed by atoms with E-state index in [-0.39, 0.29) is 29.7 Å². The Morgan fingerprint density at radius 3 is 2.84 bits per heavy atom. The second kappa shape index (κ2) is 5.54. The number of aryl methyl sites for hydroxylation is 1. The smallest absolute Gasteiger partial charge is 0.310 e. The second-order valence-corrected chi connectivity index (χ2v) is 4.70. The quantitative estimate of drug-likeness (QED) is 0.648. The molecule has 1 aromatic rings. The summed E-state index contributed by atoms with van der Waals surface area (Å²) in [5, 5.41) is 11.0. The highest BCUT2D eigenvalue weighted by Crippen LogP contribution is 2.33. The van der Waals surface area contributed by atoms with Gasteiger partial charge in [0.25, 0.3) is 0 Å². The first-order valence-corrected chi connectivity index (χ1v) is 6.31. The first kappa shape index (κ1) is 13.8. The van der Waals surface area contributed by atoms with Crippen molar-refractivity contribution in [3.05, 3.63) is 33.9 Å². The van der Waals surface area contributed by atoms with Gasteiger partial charge in [0.1, 0.15) is 12.2 Å². The van der Waals surface area contributed by atoms with Crippen LogP contribution in [-0.4, -0.2) is 29.8 Å². The number of nitrogens with zero attached hydrogens (tertiary/aromatic N) is 1. The lowest BCUT2D eigenvalue weighted by atomic mass is 9.86. The molecule has 0 bridgehead atoms. The Morgan fingerprint density at radius 2 is 2.26 bits per heavy atom. The van der Waals surface area contributed by atoms with Crippen LogP contribution in [0.4, 0.5) is 5.69 Å². The summed E-state index contributed by atoms with van der Waals surface area (Å²) < 4.78 is 11.2. The molecule has 1 saturated carbocycles. The van der Waals surface area contributed by atoms with E-state index in [0.717, 1.165) is 5.56 Å². The van der Waals surface area contributed by atoms with E-state index in [1.807, 2.05) is 13.8 Å². The lowest BCUT2D eigenvalue weighted by molar-refractivity contribution is -0.386. The SMILES string of the molecule is CCOC1C(N)CC1Oc1cc(C)ccc1[N+](=O)[O-]. The number of nitro groups is 1. The van der Waals surface area contributed by atoms with Crippen LogP contribution in [-0.2, 0) is 4.74 Å². The molecule has 19 heavy (non-hydrogen) atoms. The van der Waals surface area contributed by atoms with Gasteiger partial charge < -0.3 is 15.2 Å². The van der Waals surface area contributed by atoms with Gasteiger partial charge in [0.2, 0.25) is 0 Å². The van der Waals surface area contributed by atoms with Crippen LogP contribution in [0.3, 0.4) is 0 Å². The zero-order valence-corrected chi connectivity index (χ0v) is 11.0. The third-order valence-corrected chi connectivity index (χ3v) is 3.24. The molecule has 3 atom stereocenters. The van der Waals surface area contributed by atoms with E-state index in [1.165, 1.54) is 6.07 Å². The van der Waals surface area contributed by atoms with Gasteiger partial charge in [-0.05, 0) is 25.5 Å². The van der Waals surface area contributed by atoms with Crippen molar-refractivity contribution >= 4 is 5.69 Å². The number of hydrogen-bond acceptors (Lipinski definition) is 5. The molecule has 0 amide bonds. The third kappa shape index (κ3) is 2.85. The van der Waals surface area contributed by atoms with Crippen LogP contribution >= 0.6 is 0 Å². The Kier molecular flexibility index (Phi) is 4.01. The topological polar surface area (TPSA) is 87.6 Å². The van der Waals surface area contributed by atoms with Gasteiger partial charge in [-0.3, -0.25) is 10.1 Å². The van der Waals surface area contributed by atoms with Gasteiger partial charge in [-0.15, -0.1) is 0 Å². The van der Waals surface area contributed by atoms with E-state index >= 15 is 0 Å². The van der Waals surface area contributed by atoms with Crippen molar-refractivity contribution < 1.29 is 14.4 Å². The van der Waals surface area contributed by atoms with E-state index in [9.17, 15) is 10.1 Å². The number of hydrogen-bond donors (Lipinski definition) is 1. The van der Waals surface area contributed by atoms with E-state index in [2.05, 4.69) is 0 Å². The van der Waals surface area contributed by atoms with E-state index in [0.29, 0.717) is 13.0 Å². The molecule has 3 unspecified atom stereocenters. The van der Waals surface area contributed by atoms with Crippen molar-refractivity contribution in [3.8, 4) is 5.75 Å². The summed E-state index contributed by atoms with van der Waals surface area (Å²) in [6.07, 6.45) is 0.246. The molecule has 1 aromatic carbocycles. The molecule has 0 heterocycles. The number of rotatable bonds is 5. The molecule has 6 nitrogen and oxygen atoms in total. The molecule has 104 valence electrons. The third-order valence-electron chi connectivity index (χ3n) is 3.24. The van der Waals surface area contributed by atoms with Crippen molar-refractivity contribution in [2.75, 3.05) is 6.61 Å². The molecule has 6 heteroatoms. The Bertz CT molecular complexity index is 478. The maximum absolute atomic E-state index is 11.0. The monoisotopic (exact) mass is 266 g/mol. The predicted molar refractivity (Wildman–Crippen MR) is 70.3 cm³/mol. The molecular weight excluding hydrogens is 248 g/mol. The van der Waals surface area contributed by atoms with Crippen molar-refractivity contribution in [2.24, 2.45) is 5.73 Å². The Labute approximate surface area is 111 Å². The van der Waals surface area contributed by atoms with Gasteiger partial charge in [0.15, 0.2) is 5.75 Å². The lowest BCUT2D eigenvalue weighted by Gasteiger charge is -2.41. The minimum Gasteiger partial charge on any atom is -0.481 e. The molecule has 0 aromatic heterocycles. The van der Waals surface area contributed by atoms with Gasteiger partial charge in [0, 0.05) is 25.1 Å². The van der Waals surface area contributed by atoms with Gasteiger partial charge >= 0.3 is 5.69 Å². The van der Waals surface area contributed by atoms with Gasteiger partial charge in [-0.1, -0.05) is 6.07 Å². The van der Waals surface area contributed by atoms with E-state index in [4.69, 9.17) is 15.2 Å². The molecule has 0 radical (unpaired) electrons. The van der Waals surface area contributed by atoms with Crippen molar-refractivity contribution in [1.82, 2.24) is 0 Å². The van der Waals surface area contributed by atoms with Crippen LogP contribution in [0, 0.1) is 17.0 Å². The number of ether oxygens (including phenoxy) is 2. The van der Waals surface area contributed by atoms with Crippen LogP contribution in [0.1, 0.15) is 18.9 Å². The molecule has 1 aliphatic carbocycles. The van der Waals surface area contributed by atoms with E-state index in [1.54, 1.807) is 12.1 Å². The fraction of sp³-hybridized carbons (Fsp3) is 0.538. The average molecular weight is 266 g/mol. The summed E-state index contributed by atoms with van der Waals surface area (Å²) in [7, 11) is 0. The summed E-state index contributed by atoms with van der Waals surface area (Å²) in [5.74, 6) is 0.284. The highest BCUT2D eigenvalue weighted by molar-refractivity contribution is 5.48. The maximum atomic E-state index is 11.0. The molecule has 2 rings (SSSR count). The van der Waals surface area contributed by atoms with Crippen LogP contribution in [0.5, 0.6) is 5.75 Å². The first-order valence-electron chi connectivity index (χ1n) is 6.31. The molecule has 2 N–H and O–H groups in total. The first-order chi connectivity index (χ1) is 9.02. The van der Waals surface area contributed by atoms with Crippen LogP contribution < -0.4 is 10.5 Å². The average Bonchev–Trinajstić information content (AvgIpc) is 2.35. The molecule has 0 aliphatic heterocycles. The second-order valence-electron chi connectivity index (χ2n) is 4.70. The van der Waals surface area contributed by atoms with Gasteiger partial charge in [-0.2, -0.15) is 0 Å². The maximum Gasteiger partial charge on any atom is 0.310 e. The standard InChI is InChI=1S/C13H18N2O4/c1-3-18-13-9(14)7-12(13)19-11-6-8(2)4-5-10(11)15(16)17/h4-6,9,12-13H,3,7,14H2,1-2H3. The summed E-state index contributed by atoms with van der Waals surface area (Å²) >= 11 is 0. The van der Waals surface area contributed by atoms with Crippen LogP contribution in [0.25, 0.3) is 0 Å². The summed E-state index contributed by atoms with van der Waals surface area (Å²) in [6, 6.07) is 4.76. The lowest BCUT2D eigenvalue weighted by Crippen LogP contribution is -2.59. The van der Waals surface area contributed by atoms with Crippen molar-refractivity contribution in [1.29, 1.82) is 0 Å². The number of nitrogens with two attached hydrogens (primary N) is 1. The fourth-order valence-corrected chi connectivity index (χ4v) is 2.18. The molecule has 0 spiro atoms. The molecule has 1 fully saturated rings. The van der Waals surface area contributed by atoms with Gasteiger partial charge in [-0.25, -0.2) is 0 Å². The number of nitro benzene ring substituents is 1. The zero-order valence-electron chi connectivity index (χ0n) is 11.0. The van der Waals surface area contributed by atoms with Crippen LogP contribution in [0.2, 0.25) is 0 Å². The van der Waals surface area contributed by atoms with Crippen molar-refractivity contribution in [3.63, 3.8) is 0 Å². The summed E-state index contributed by atoms with van der Waals surface area (Å²) in [4.78, 5) is 10.5. The molecule has 1 aliphatic rings. The molecule has 0 saturated heterocycles.